The van der Waals surface area contributed by atoms with Crippen molar-refractivity contribution >= 4 is 40.6 Å². The van der Waals surface area contributed by atoms with Crippen LogP contribution in [-0.4, -0.2) is 47.3 Å². The Morgan fingerprint density at radius 3 is 2.64 bits per heavy atom. The van der Waals surface area contributed by atoms with Crippen LogP contribution in [0, 0.1) is 10.1 Å². The fraction of sp³-hybridized carbons (Fsp3) is 0.227. The Labute approximate surface area is 193 Å². The first-order valence-corrected chi connectivity index (χ1v) is 10.6. The number of benzene rings is 2. The maximum Gasteiger partial charge on any atom is 0.343 e. The minimum atomic E-state index is -0.543. The Bertz CT molecular complexity index is 1130. The van der Waals surface area contributed by atoms with E-state index in [0.717, 1.165) is 16.7 Å². The minimum absolute atomic E-state index is 0.0752. The molecule has 0 radical (unpaired) electrons. The van der Waals surface area contributed by atoms with Crippen LogP contribution in [0.25, 0.3) is 6.08 Å². The van der Waals surface area contributed by atoms with Gasteiger partial charge in [0.05, 0.1) is 30.1 Å². The fourth-order valence-corrected chi connectivity index (χ4v) is 3.77. The average Bonchev–Trinajstić information content (AvgIpc) is 3.06. The molecule has 0 aromatic heterocycles. The van der Waals surface area contributed by atoms with Gasteiger partial charge in [0.25, 0.3) is 16.8 Å². The van der Waals surface area contributed by atoms with E-state index < -0.39 is 22.0 Å². The summed E-state index contributed by atoms with van der Waals surface area (Å²) in [7, 11) is 1.25. The number of esters is 1. The molecule has 1 heterocycles. The highest BCUT2D eigenvalue weighted by Crippen LogP contribution is 2.35. The summed E-state index contributed by atoms with van der Waals surface area (Å²) >= 11 is 0.778. The summed E-state index contributed by atoms with van der Waals surface area (Å²) in [4.78, 5) is 48.2. The summed E-state index contributed by atoms with van der Waals surface area (Å²) in [6.45, 7) is 1.77. The molecular weight excluding hydrogens is 452 g/mol. The number of amides is 2. The second-order valence-corrected chi connectivity index (χ2v) is 7.69. The number of non-ortho nitro benzene ring substituents is 1. The van der Waals surface area contributed by atoms with Crippen LogP contribution in [0.1, 0.15) is 18.1 Å². The number of carbonyl (C=O) groups excluding carboxylic acids is 3. The fourth-order valence-electron chi connectivity index (χ4n) is 2.94. The van der Waals surface area contributed by atoms with Crippen LogP contribution in [-0.2, 0) is 20.9 Å². The van der Waals surface area contributed by atoms with Gasteiger partial charge in [0.1, 0.15) is 0 Å². The highest BCUT2D eigenvalue weighted by Gasteiger charge is 2.35. The molecule has 10 nitrogen and oxygen atoms in total. The van der Waals surface area contributed by atoms with E-state index in [1.165, 1.54) is 25.3 Å². The third-order valence-corrected chi connectivity index (χ3v) is 5.38. The van der Waals surface area contributed by atoms with Crippen molar-refractivity contribution in [1.82, 2.24) is 4.90 Å². The van der Waals surface area contributed by atoms with Crippen LogP contribution < -0.4 is 9.47 Å². The summed E-state index contributed by atoms with van der Waals surface area (Å²) in [5, 5.41) is 10.5. The zero-order chi connectivity index (χ0) is 24.0. The number of hydrogen-bond acceptors (Lipinski definition) is 9. The summed E-state index contributed by atoms with van der Waals surface area (Å²) < 4.78 is 15.5. The Kier molecular flexibility index (Phi) is 7.67. The van der Waals surface area contributed by atoms with Crippen LogP contribution in [0.3, 0.4) is 0 Å². The molecule has 1 aliphatic heterocycles. The Balaban J connectivity index is 1.79. The molecule has 0 atom stereocenters. The first-order chi connectivity index (χ1) is 15.8. The van der Waals surface area contributed by atoms with Gasteiger partial charge < -0.3 is 14.2 Å². The van der Waals surface area contributed by atoms with Gasteiger partial charge in [-0.15, -0.1) is 0 Å². The minimum Gasteiger partial charge on any atom is -0.490 e. The molecule has 0 N–H and O–H groups in total. The lowest BCUT2D eigenvalue weighted by atomic mass is 10.1. The standard InChI is InChI=1S/C22H20N2O8S/c1-3-31-18-10-14(7-8-17(18)32-13-20(25)30-2)11-19-21(26)23(22(27)33-19)12-15-5-4-6-16(9-15)24(28)29/h4-11H,3,12-13H2,1-2H3/b19-11+. The summed E-state index contributed by atoms with van der Waals surface area (Å²) in [6.07, 6.45) is 1.55. The third-order valence-electron chi connectivity index (χ3n) is 4.47. The van der Waals surface area contributed by atoms with E-state index in [1.807, 2.05) is 0 Å². The predicted octanol–water partition coefficient (Wildman–Crippen LogP) is 3.78. The van der Waals surface area contributed by atoms with Crippen molar-refractivity contribution in [2.75, 3.05) is 20.3 Å². The molecule has 0 saturated carbocycles. The van der Waals surface area contributed by atoms with E-state index in [0.29, 0.717) is 29.2 Å². The highest BCUT2D eigenvalue weighted by molar-refractivity contribution is 8.18. The number of ether oxygens (including phenoxy) is 3. The number of nitrogens with zero attached hydrogens (tertiary/aromatic N) is 2. The van der Waals surface area contributed by atoms with E-state index in [-0.39, 0.29) is 23.7 Å². The maximum atomic E-state index is 12.8. The van der Waals surface area contributed by atoms with Crippen molar-refractivity contribution in [3.05, 3.63) is 68.6 Å². The molecule has 0 bridgehead atoms. The predicted molar refractivity (Wildman–Crippen MR) is 120 cm³/mol. The number of nitro benzene ring substituents is 1. The van der Waals surface area contributed by atoms with Crippen molar-refractivity contribution in [2.45, 2.75) is 13.5 Å². The quantitative estimate of drug-likeness (QED) is 0.232. The zero-order valence-corrected chi connectivity index (χ0v) is 18.6. The summed E-state index contributed by atoms with van der Waals surface area (Å²) in [5.74, 6) is -0.344. The maximum absolute atomic E-state index is 12.8. The molecule has 1 saturated heterocycles. The van der Waals surface area contributed by atoms with Gasteiger partial charge >= 0.3 is 5.97 Å². The molecule has 1 fully saturated rings. The Morgan fingerprint density at radius 2 is 1.94 bits per heavy atom. The van der Waals surface area contributed by atoms with E-state index in [1.54, 1.807) is 37.3 Å². The zero-order valence-electron chi connectivity index (χ0n) is 17.8. The van der Waals surface area contributed by atoms with Crippen LogP contribution in [0.15, 0.2) is 47.4 Å². The molecule has 3 rings (SSSR count). The largest absolute Gasteiger partial charge is 0.490 e. The number of methoxy groups -OCH3 is 1. The smallest absolute Gasteiger partial charge is 0.343 e. The van der Waals surface area contributed by atoms with Gasteiger partial charge in [0.15, 0.2) is 18.1 Å². The highest BCUT2D eigenvalue weighted by atomic mass is 32.2. The summed E-state index contributed by atoms with van der Waals surface area (Å²) in [6, 6.07) is 10.7. The number of thioether (sulfide) groups is 1. The monoisotopic (exact) mass is 472 g/mol. The van der Waals surface area contributed by atoms with Crippen LogP contribution in [0.4, 0.5) is 10.5 Å². The molecule has 1 aliphatic rings. The molecule has 172 valence electrons. The average molecular weight is 472 g/mol. The van der Waals surface area contributed by atoms with Gasteiger partial charge in [-0.05, 0) is 48.0 Å². The third kappa shape index (κ3) is 5.89. The number of rotatable bonds is 9. The van der Waals surface area contributed by atoms with E-state index in [4.69, 9.17) is 9.47 Å². The van der Waals surface area contributed by atoms with Gasteiger partial charge in [0.2, 0.25) is 0 Å². The van der Waals surface area contributed by atoms with Crippen molar-refractivity contribution in [1.29, 1.82) is 0 Å². The first kappa shape index (κ1) is 23.8. The Hall–Kier alpha value is -3.86. The Morgan fingerprint density at radius 1 is 1.15 bits per heavy atom. The lowest BCUT2D eigenvalue weighted by molar-refractivity contribution is -0.384. The van der Waals surface area contributed by atoms with Gasteiger partial charge in [0, 0.05) is 12.1 Å². The van der Waals surface area contributed by atoms with E-state index >= 15 is 0 Å². The lowest BCUT2D eigenvalue weighted by Gasteiger charge is -2.12. The SMILES string of the molecule is CCOc1cc(/C=C2/SC(=O)N(Cc3cccc([N+](=O)[O-])c3)C2=O)ccc1OCC(=O)OC. The van der Waals surface area contributed by atoms with Crippen LogP contribution in [0.2, 0.25) is 0 Å². The number of carbonyl (C=O) groups is 3. The molecule has 11 heteroatoms. The first-order valence-electron chi connectivity index (χ1n) is 9.77. The van der Waals surface area contributed by atoms with Crippen molar-refractivity contribution < 1.29 is 33.5 Å². The normalized spacial score (nSPS) is 14.5. The lowest BCUT2D eigenvalue weighted by Crippen LogP contribution is -2.27. The molecule has 2 aromatic carbocycles. The summed E-state index contributed by atoms with van der Waals surface area (Å²) in [5.41, 5.74) is 0.941. The number of imide groups is 1. The van der Waals surface area contributed by atoms with Crippen LogP contribution >= 0.6 is 11.8 Å². The number of hydrogen-bond donors (Lipinski definition) is 0. The van der Waals surface area contributed by atoms with Crippen LogP contribution in [0.5, 0.6) is 11.5 Å². The van der Waals surface area contributed by atoms with Gasteiger partial charge in [-0.25, -0.2) is 4.79 Å². The molecule has 0 spiro atoms. The van der Waals surface area contributed by atoms with Gasteiger partial charge in [-0.1, -0.05) is 18.2 Å². The van der Waals surface area contributed by atoms with Crippen molar-refractivity contribution in [2.24, 2.45) is 0 Å². The van der Waals surface area contributed by atoms with Crippen molar-refractivity contribution in [3.63, 3.8) is 0 Å². The van der Waals surface area contributed by atoms with Gasteiger partial charge in [-0.3, -0.25) is 24.6 Å². The van der Waals surface area contributed by atoms with E-state index in [2.05, 4.69) is 4.74 Å². The van der Waals surface area contributed by atoms with Gasteiger partial charge in [-0.2, -0.15) is 0 Å². The van der Waals surface area contributed by atoms with E-state index in [9.17, 15) is 24.5 Å². The molecule has 2 aromatic rings. The second kappa shape index (κ2) is 10.6. The molecule has 2 amide bonds. The molecular formula is C22H20N2O8S. The topological polar surface area (TPSA) is 125 Å². The molecule has 0 aliphatic carbocycles. The second-order valence-electron chi connectivity index (χ2n) is 6.70. The molecule has 0 unspecified atom stereocenters. The van der Waals surface area contributed by atoms with Crippen molar-refractivity contribution in [3.8, 4) is 11.5 Å². The molecule has 33 heavy (non-hydrogen) atoms. The number of nitro groups is 1.